The van der Waals surface area contributed by atoms with Crippen molar-refractivity contribution in [3.05, 3.63) is 0 Å². The van der Waals surface area contributed by atoms with Crippen molar-refractivity contribution in [2.45, 2.75) is 65.1 Å². The lowest BCUT2D eigenvalue weighted by Crippen LogP contribution is -2.60. The van der Waals surface area contributed by atoms with Crippen molar-refractivity contribution in [1.29, 1.82) is 0 Å². The summed E-state index contributed by atoms with van der Waals surface area (Å²) in [7, 11) is 0. The van der Waals surface area contributed by atoms with Crippen LogP contribution in [0, 0.1) is 18.3 Å². The Hall–Kier alpha value is -0.520. The Morgan fingerprint density at radius 1 is 1.41 bits per heavy atom. The fourth-order valence-corrected chi connectivity index (χ4v) is 2.81. The highest BCUT2D eigenvalue weighted by atomic mass is 15.3. The molecule has 0 saturated carbocycles. The fraction of sp³-hybridized carbons (Fsp3) is 0.867. The fourth-order valence-electron chi connectivity index (χ4n) is 2.81. The van der Waals surface area contributed by atoms with Crippen molar-refractivity contribution >= 4 is 0 Å². The van der Waals surface area contributed by atoms with Crippen LogP contribution in [0.15, 0.2) is 0 Å². The topological polar surface area (TPSA) is 15.3 Å². The molecule has 17 heavy (non-hydrogen) atoms. The van der Waals surface area contributed by atoms with Crippen LogP contribution in [-0.2, 0) is 0 Å². The Morgan fingerprint density at radius 2 is 2.12 bits per heavy atom. The van der Waals surface area contributed by atoms with Gasteiger partial charge in [0.1, 0.15) is 0 Å². The van der Waals surface area contributed by atoms with Gasteiger partial charge in [0.15, 0.2) is 0 Å². The van der Waals surface area contributed by atoms with Crippen LogP contribution in [0.25, 0.3) is 0 Å². The van der Waals surface area contributed by atoms with E-state index < -0.39 is 0 Å². The molecule has 1 fully saturated rings. The molecule has 0 radical (unpaired) electrons. The molecular weight excluding hydrogens is 208 g/mol. The maximum Gasteiger partial charge on any atom is 0.0247 e. The van der Waals surface area contributed by atoms with Crippen LogP contribution in [0.3, 0.4) is 0 Å². The zero-order valence-corrected chi connectivity index (χ0v) is 11.9. The molecule has 1 aliphatic rings. The summed E-state index contributed by atoms with van der Waals surface area (Å²) in [5, 5.41) is 3.69. The average molecular weight is 236 g/mol. The largest absolute Gasteiger partial charge is 0.311 e. The van der Waals surface area contributed by atoms with Gasteiger partial charge in [-0.25, -0.2) is 0 Å². The molecule has 2 heteroatoms. The first-order chi connectivity index (χ1) is 8.10. The van der Waals surface area contributed by atoms with Crippen LogP contribution in [-0.4, -0.2) is 36.1 Å². The molecule has 0 bridgehead atoms. The number of hydrogen-bond acceptors (Lipinski definition) is 2. The van der Waals surface area contributed by atoms with Gasteiger partial charge in [0.05, 0.1) is 0 Å². The number of rotatable bonds is 5. The normalized spacial score (nSPS) is 28.0. The van der Waals surface area contributed by atoms with Crippen molar-refractivity contribution in [2.75, 3.05) is 13.1 Å². The van der Waals surface area contributed by atoms with E-state index in [0.29, 0.717) is 24.0 Å². The predicted octanol–water partition coefficient (Wildman–Crippen LogP) is 2.50. The molecule has 0 aromatic rings. The van der Waals surface area contributed by atoms with E-state index in [0.717, 1.165) is 19.5 Å². The minimum absolute atomic E-state index is 0.508. The van der Waals surface area contributed by atoms with Crippen LogP contribution >= 0.6 is 0 Å². The Balaban J connectivity index is 2.65. The van der Waals surface area contributed by atoms with E-state index in [-0.39, 0.29) is 0 Å². The summed E-state index contributed by atoms with van der Waals surface area (Å²) in [6.07, 6.45) is 8.84. The van der Waals surface area contributed by atoms with Crippen LogP contribution in [0.4, 0.5) is 0 Å². The summed E-state index contributed by atoms with van der Waals surface area (Å²) in [5.41, 5.74) is 0. The molecule has 0 aromatic heterocycles. The van der Waals surface area contributed by atoms with E-state index in [4.69, 9.17) is 6.42 Å². The summed E-state index contributed by atoms with van der Waals surface area (Å²) in [6.45, 7) is 11.4. The molecule has 0 aromatic carbocycles. The lowest BCUT2D eigenvalue weighted by atomic mass is 9.95. The molecule has 98 valence electrons. The van der Waals surface area contributed by atoms with Crippen molar-refractivity contribution < 1.29 is 0 Å². The highest BCUT2D eigenvalue weighted by Crippen LogP contribution is 2.20. The molecule has 2 nitrogen and oxygen atoms in total. The predicted molar refractivity (Wildman–Crippen MR) is 74.9 cm³/mol. The van der Waals surface area contributed by atoms with Gasteiger partial charge in [0, 0.05) is 37.6 Å². The Bertz CT molecular complexity index is 254. The molecule has 0 amide bonds. The third-order valence-corrected chi connectivity index (χ3v) is 3.86. The van der Waals surface area contributed by atoms with Crippen LogP contribution in [0.1, 0.15) is 47.0 Å². The standard InChI is InChI=1S/C15H28N2/c1-6-8-13(5)17-11-14(9-7-2)16-10-15(17)12(3)4/h1,12-16H,7-11H2,2-5H3. The summed E-state index contributed by atoms with van der Waals surface area (Å²) >= 11 is 0. The molecule has 1 aliphatic heterocycles. The number of piperazine rings is 1. The molecule has 1 saturated heterocycles. The summed E-state index contributed by atoms with van der Waals surface area (Å²) in [5.74, 6) is 3.49. The highest BCUT2D eigenvalue weighted by Gasteiger charge is 2.31. The lowest BCUT2D eigenvalue weighted by molar-refractivity contribution is 0.0620. The van der Waals surface area contributed by atoms with Crippen molar-refractivity contribution in [3.8, 4) is 12.3 Å². The van der Waals surface area contributed by atoms with Gasteiger partial charge < -0.3 is 5.32 Å². The van der Waals surface area contributed by atoms with Crippen LogP contribution in [0.5, 0.6) is 0 Å². The minimum atomic E-state index is 0.508. The zero-order chi connectivity index (χ0) is 12.8. The van der Waals surface area contributed by atoms with Crippen molar-refractivity contribution in [2.24, 2.45) is 5.92 Å². The maximum atomic E-state index is 5.46. The molecule has 1 rings (SSSR count). The molecule has 0 aliphatic carbocycles. The van der Waals surface area contributed by atoms with E-state index in [1.165, 1.54) is 12.8 Å². The second kappa shape index (κ2) is 7.03. The summed E-state index contributed by atoms with van der Waals surface area (Å²) in [4.78, 5) is 2.63. The number of terminal acetylenes is 1. The molecule has 3 atom stereocenters. The molecule has 1 N–H and O–H groups in total. The van der Waals surface area contributed by atoms with Gasteiger partial charge in [-0.2, -0.15) is 0 Å². The number of hydrogen-bond donors (Lipinski definition) is 1. The van der Waals surface area contributed by atoms with Crippen molar-refractivity contribution in [1.82, 2.24) is 10.2 Å². The van der Waals surface area contributed by atoms with Gasteiger partial charge >= 0.3 is 0 Å². The third-order valence-electron chi connectivity index (χ3n) is 3.86. The average Bonchev–Trinajstić information content (AvgIpc) is 2.29. The van der Waals surface area contributed by atoms with Gasteiger partial charge in [-0.1, -0.05) is 27.2 Å². The second-order valence-electron chi connectivity index (χ2n) is 5.66. The molecular formula is C15H28N2. The second-order valence-corrected chi connectivity index (χ2v) is 5.66. The first-order valence-electron chi connectivity index (χ1n) is 7.02. The highest BCUT2D eigenvalue weighted by molar-refractivity contribution is 4.95. The summed E-state index contributed by atoms with van der Waals surface area (Å²) in [6, 6.07) is 1.79. The molecule has 1 heterocycles. The smallest absolute Gasteiger partial charge is 0.0247 e. The van der Waals surface area contributed by atoms with E-state index in [1.807, 2.05) is 0 Å². The monoisotopic (exact) mass is 236 g/mol. The van der Waals surface area contributed by atoms with Gasteiger partial charge in [-0.3, -0.25) is 4.90 Å². The van der Waals surface area contributed by atoms with Gasteiger partial charge in [0.2, 0.25) is 0 Å². The van der Waals surface area contributed by atoms with E-state index >= 15 is 0 Å². The van der Waals surface area contributed by atoms with Gasteiger partial charge in [0.25, 0.3) is 0 Å². The van der Waals surface area contributed by atoms with Crippen LogP contribution in [0.2, 0.25) is 0 Å². The van der Waals surface area contributed by atoms with E-state index in [2.05, 4.69) is 43.8 Å². The van der Waals surface area contributed by atoms with Crippen LogP contribution < -0.4 is 5.32 Å². The van der Waals surface area contributed by atoms with E-state index in [1.54, 1.807) is 0 Å². The minimum Gasteiger partial charge on any atom is -0.311 e. The Morgan fingerprint density at radius 3 is 2.65 bits per heavy atom. The first kappa shape index (κ1) is 14.5. The summed E-state index contributed by atoms with van der Waals surface area (Å²) < 4.78 is 0. The van der Waals surface area contributed by atoms with E-state index in [9.17, 15) is 0 Å². The zero-order valence-electron chi connectivity index (χ0n) is 11.9. The quantitative estimate of drug-likeness (QED) is 0.738. The number of nitrogens with zero attached hydrogens (tertiary/aromatic N) is 1. The molecule has 0 spiro atoms. The number of nitrogens with one attached hydrogen (secondary N) is 1. The maximum absolute atomic E-state index is 5.46. The first-order valence-corrected chi connectivity index (χ1v) is 7.02. The van der Waals surface area contributed by atoms with Gasteiger partial charge in [-0.15, -0.1) is 12.3 Å². The van der Waals surface area contributed by atoms with Gasteiger partial charge in [-0.05, 0) is 19.3 Å². The lowest BCUT2D eigenvalue weighted by Gasteiger charge is -2.45. The SMILES string of the molecule is C#CCC(C)N1CC(CCC)NCC1C(C)C. The third kappa shape index (κ3) is 4.01. The Labute approximate surface area is 107 Å². The Kier molecular flexibility index (Phi) is 6.02. The molecule has 3 unspecified atom stereocenters. The van der Waals surface area contributed by atoms with Crippen molar-refractivity contribution in [3.63, 3.8) is 0 Å².